The highest BCUT2D eigenvalue weighted by Crippen LogP contribution is 2.34. The molecule has 2 rings (SSSR count). The summed E-state index contributed by atoms with van der Waals surface area (Å²) in [6, 6.07) is 19.0. The molecule has 0 spiro atoms. The smallest absolute Gasteiger partial charge is 0.122 e. The molecule has 20 heavy (non-hydrogen) atoms. The van der Waals surface area contributed by atoms with Crippen molar-refractivity contribution in [1.29, 1.82) is 0 Å². The van der Waals surface area contributed by atoms with Gasteiger partial charge in [0.15, 0.2) is 0 Å². The molecule has 1 unspecified atom stereocenters. The Kier molecular flexibility index (Phi) is 4.45. The highest BCUT2D eigenvalue weighted by molar-refractivity contribution is 6.91. The van der Waals surface area contributed by atoms with Gasteiger partial charge in [-0.05, 0) is 11.6 Å². The molecule has 0 N–H and O–H groups in total. The van der Waals surface area contributed by atoms with Gasteiger partial charge in [-0.2, -0.15) is 0 Å². The topological polar surface area (TPSA) is 9.23 Å². The number of rotatable bonds is 5. The summed E-state index contributed by atoms with van der Waals surface area (Å²) < 4.78 is 5.53. The lowest BCUT2D eigenvalue weighted by atomic mass is 10.1. The van der Waals surface area contributed by atoms with Gasteiger partial charge >= 0.3 is 0 Å². The summed E-state index contributed by atoms with van der Waals surface area (Å²) in [6.07, 6.45) is 2.08. The van der Waals surface area contributed by atoms with Crippen LogP contribution in [0.5, 0.6) is 5.75 Å². The Bertz CT molecular complexity index is 575. The molecule has 0 fully saturated rings. The predicted molar refractivity (Wildman–Crippen MR) is 89.5 cm³/mol. The van der Waals surface area contributed by atoms with E-state index >= 15 is 0 Å². The number of benzene rings is 2. The first-order valence-corrected chi connectivity index (χ1v) is 10.00. The van der Waals surface area contributed by atoms with Crippen LogP contribution in [0.1, 0.15) is 11.1 Å². The second-order valence-corrected chi connectivity index (χ2v) is 10.2. The molecule has 0 aromatic heterocycles. The van der Waals surface area contributed by atoms with Gasteiger partial charge in [-0.3, -0.25) is 0 Å². The van der Waals surface area contributed by atoms with Gasteiger partial charge in [0.05, 0.1) is 15.2 Å². The van der Waals surface area contributed by atoms with Crippen LogP contribution in [0.25, 0.3) is 0 Å². The number of ether oxygens (including phenoxy) is 1. The zero-order chi connectivity index (χ0) is 14.6. The molecule has 0 aliphatic rings. The third-order valence-electron chi connectivity index (χ3n) is 4.01. The first-order chi connectivity index (χ1) is 9.61. The van der Waals surface area contributed by atoms with Crippen molar-refractivity contribution in [3.8, 4) is 5.75 Å². The molecule has 2 aromatic carbocycles. The molecule has 0 aliphatic carbocycles. The first kappa shape index (κ1) is 14.6. The van der Waals surface area contributed by atoms with Gasteiger partial charge in [-0.25, -0.2) is 0 Å². The van der Waals surface area contributed by atoms with Gasteiger partial charge in [-0.1, -0.05) is 72.9 Å². The van der Waals surface area contributed by atoms with Crippen LogP contribution in [0.15, 0.2) is 67.3 Å². The van der Waals surface area contributed by atoms with E-state index in [9.17, 15) is 0 Å². The van der Waals surface area contributed by atoms with Crippen LogP contribution in [0, 0.1) is 0 Å². The monoisotopic (exact) mass is 282 g/mol. The highest BCUT2D eigenvalue weighted by atomic mass is 28.3. The number of allylic oxidation sites excluding steroid dienone is 1. The minimum Gasteiger partial charge on any atom is -0.496 e. The summed E-state index contributed by atoms with van der Waals surface area (Å²) in [5.74, 6) is 0.953. The van der Waals surface area contributed by atoms with Gasteiger partial charge in [0.25, 0.3) is 0 Å². The van der Waals surface area contributed by atoms with Gasteiger partial charge in [0.2, 0.25) is 0 Å². The summed E-state index contributed by atoms with van der Waals surface area (Å²) in [4.78, 5) is 0. The lowest BCUT2D eigenvalue weighted by molar-refractivity contribution is 0.410. The zero-order valence-corrected chi connectivity index (χ0v) is 13.5. The SMILES string of the molecule is C=CC(c1ccccc1OC)[Si](C)(C)c1ccccc1. The summed E-state index contributed by atoms with van der Waals surface area (Å²) >= 11 is 0. The number of hydrogen-bond donors (Lipinski definition) is 0. The second kappa shape index (κ2) is 6.10. The molecule has 104 valence electrons. The Morgan fingerprint density at radius 3 is 2.20 bits per heavy atom. The minimum atomic E-state index is -1.70. The lowest BCUT2D eigenvalue weighted by Crippen LogP contribution is -2.47. The van der Waals surface area contributed by atoms with Crippen molar-refractivity contribution in [3.63, 3.8) is 0 Å². The van der Waals surface area contributed by atoms with Gasteiger partial charge in [0, 0.05) is 5.54 Å². The second-order valence-electron chi connectivity index (χ2n) is 5.54. The number of methoxy groups -OCH3 is 1. The van der Waals surface area contributed by atoms with Crippen LogP contribution in [-0.4, -0.2) is 15.2 Å². The number of para-hydroxylation sites is 1. The maximum Gasteiger partial charge on any atom is 0.122 e. The predicted octanol–water partition coefficient (Wildman–Crippen LogP) is 4.12. The summed E-state index contributed by atoms with van der Waals surface area (Å²) in [6.45, 7) is 8.86. The van der Waals surface area contributed by atoms with Crippen molar-refractivity contribution in [1.82, 2.24) is 0 Å². The summed E-state index contributed by atoms with van der Waals surface area (Å²) in [5, 5.41) is 1.44. The molecule has 1 atom stereocenters. The molecule has 0 bridgehead atoms. The van der Waals surface area contributed by atoms with Crippen molar-refractivity contribution in [3.05, 3.63) is 72.8 Å². The Balaban J connectivity index is 2.49. The molecule has 0 aliphatic heterocycles. The fourth-order valence-corrected chi connectivity index (χ4v) is 5.80. The quantitative estimate of drug-likeness (QED) is 0.592. The van der Waals surface area contributed by atoms with Crippen molar-refractivity contribution in [2.45, 2.75) is 18.6 Å². The Morgan fingerprint density at radius 2 is 1.60 bits per heavy atom. The third kappa shape index (κ3) is 2.70. The molecule has 0 radical (unpaired) electrons. The Labute approximate surface area is 122 Å². The van der Waals surface area contributed by atoms with Crippen LogP contribution < -0.4 is 9.92 Å². The average molecular weight is 282 g/mol. The maximum atomic E-state index is 5.53. The fourth-order valence-electron chi connectivity index (χ4n) is 2.78. The lowest BCUT2D eigenvalue weighted by Gasteiger charge is -2.32. The molecular formula is C18H22OSi. The van der Waals surface area contributed by atoms with Crippen molar-refractivity contribution >= 4 is 13.3 Å². The molecular weight excluding hydrogens is 260 g/mol. The highest BCUT2D eigenvalue weighted by Gasteiger charge is 2.34. The fraction of sp³-hybridized carbons (Fsp3) is 0.222. The molecule has 2 aromatic rings. The van der Waals surface area contributed by atoms with E-state index in [0.717, 1.165) is 5.75 Å². The van der Waals surface area contributed by atoms with Gasteiger partial charge in [0.1, 0.15) is 5.75 Å². The van der Waals surface area contributed by atoms with Crippen molar-refractivity contribution in [2.24, 2.45) is 0 Å². The Hall–Kier alpha value is -1.80. The summed E-state index contributed by atoms with van der Waals surface area (Å²) in [5.41, 5.74) is 1.58. The van der Waals surface area contributed by atoms with E-state index in [0.29, 0.717) is 5.54 Å². The Morgan fingerprint density at radius 1 is 1.00 bits per heavy atom. The van der Waals surface area contributed by atoms with Crippen LogP contribution in [-0.2, 0) is 0 Å². The van der Waals surface area contributed by atoms with Crippen molar-refractivity contribution < 1.29 is 4.74 Å². The van der Waals surface area contributed by atoms with E-state index in [1.165, 1.54) is 10.8 Å². The maximum absolute atomic E-state index is 5.53. The van der Waals surface area contributed by atoms with E-state index < -0.39 is 8.07 Å². The average Bonchev–Trinajstić information content (AvgIpc) is 2.49. The largest absolute Gasteiger partial charge is 0.496 e. The zero-order valence-electron chi connectivity index (χ0n) is 12.5. The summed E-state index contributed by atoms with van der Waals surface area (Å²) in [7, 11) is 0.0368. The van der Waals surface area contributed by atoms with E-state index in [1.807, 2.05) is 12.1 Å². The molecule has 1 nitrogen and oxygen atoms in total. The first-order valence-electron chi connectivity index (χ1n) is 6.92. The van der Waals surface area contributed by atoms with E-state index in [1.54, 1.807) is 7.11 Å². The minimum absolute atomic E-state index is 0.334. The van der Waals surface area contributed by atoms with E-state index in [4.69, 9.17) is 4.74 Å². The van der Waals surface area contributed by atoms with Crippen LogP contribution >= 0.6 is 0 Å². The molecule has 0 amide bonds. The third-order valence-corrected chi connectivity index (χ3v) is 7.93. The standard InChI is InChI=1S/C18H22OSi/c1-5-18(16-13-9-10-14-17(16)19-2)20(3,4)15-11-7-6-8-12-15/h5-14,18H,1H2,2-4H3. The molecule has 0 heterocycles. The molecule has 0 saturated heterocycles. The van der Waals surface area contributed by atoms with Crippen LogP contribution in [0.3, 0.4) is 0 Å². The van der Waals surface area contributed by atoms with Crippen molar-refractivity contribution in [2.75, 3.05) is 7.11 Å². The molecule has 2 heteroatoms. The van der Waals surface area contributed by atoms with Crippen LogP contribution in [0.4, 0.5) is 0 Å². The normalized spacial score (nSPS) is 12.8. The van der Waals surface area contributed by atoms with Gasteiger partial charge < -0.3 is 4.74 Å². The number of hydrogen-bond acceptors (Lipinski definition) is 1. The van der Waals surface area contributed by atoms with Gasteiger partial charge in [-0.15, -0.1) is 6.58 Å². The van der Waals surface area contributed by atoms with E-state index in [2.05, 4.69) is 68.2 Å². The molecule has 0 saturated carbocycles. The van der Waals surface area contributed by atoms with Crippen LogP contribution in [0.2, 0.25) is 13.1 Å². The van der Waals surface area contributed by atoms with E-state index in [-0.39, 0.29) is 0 Å².